The number of hydrogen-bond acceptors (Lipinski definition) is 3. The van der Waals surface area contributed by atoms with E-state index in [0.717, 1.165) is 0 Å². The summed E-state index contributed by atoms with van der Waals surface area (Å²) in [6, 6.07) is 4.91. The molecule has 82 valence electrons. The van der Waals surface area contributed by atoms with Gasteiger partial charge in [0.2, 0.25) is 0 Å². The lowest BCUT2D eigenvalue weighted by Crippen LogP contribution is -2.12. The molecule has 1 aromatic carbocycles. The highest BCUT2D eigenvalue weighted by molar-refractivity contribution is 6.36. The average molecular weight is 237 g/mol. The summed E-state index contributed by atoms with van der Waals surface area (Å²) in [6.07, 6.45) is 3.07. The smallest absolute Gasteiger partial charge is 0.257 e. The standard InChI is InChI=1S/C10H9ClN4O/c11-9-7(2-1-3-8(9)12)10(16)15-6-4-13-14-5-6/h1-5H,12H2,(H,13,14)(H,15,16). The van der Waals surface area contributed by atoms with Crippen molar-refractivity contribution in [2.75, 3.05) is 11.1 Å². The van der Waals surface area contributed by atoms with Gasteiger partial charge in [0, 0.05) is 6.20 Å². The van der Waals surface area contributed by atoms with Crippen molar-refractivity contribution in [2.45, 2.75) is 0 Å². The molecule has 0 aliphatic carbocycles. The zero-order valence-corrected chi connectivity index (χ0v) is 8.95. The first-order valence-corrected chi connectivity index (χ1v) is 4.90. The van der Waals surface area contributed by atoms with Crippen molar-refractivity contribution in [3.05, 3.63) is 41.2 Å². The number of aromatic amines is 1. The van der Waals surface area contributed by atoms with Gasteiger partial charge in [0.05, 0.1) is 28.2 Å². The molecule has 0 radical (unpaired) electrons. The third-order valence-corrected chi connectivity index (χ3v) is 2.45. The summed E-state index contributed by atoms with van der Waals surface area (Å²) in [6.45, 7) is 0. The minimum atomic E-state index is -0.321. The van der Waals surface area contributed by atoms with Crippen LogP contribution in [0.25, 0.3) is 0 Å². The Morgan fingerprint density at radius 3 is 3.00 bits per heavy atom. The molecule has 0 spiro atoms. The van der Waals surface area contributed by atoms with E-state index in [0.29, 0.717) is 16.9 Å². The molecule has 5 nitrogen and oxygen atoms in total. The summed E-state index contributed by atoms with van der Waals surface area (Å²) < 4.78 is 0. The highest BCUT2D eigenvalue weighted by Crippen LogP contribution is 2.23. The Bertz CT molecular complexity index is 510. The number of amides is 1. The van der Waals surface area contributed by atoms with Crippen molar-refractivity contribution in [1.82, 2.24) is 10.2 Å². The van der Waals surface area contributed by atoms with Crippen LogP contribution in [-0.2, 0) is 0 Å². The molecular weight excluding hydrogens is 228 g/mol. The van der Waals surface area contributed by atoms with Gasteiger partial charge >= 0.3 is 0 Å². The van der Waals surface area contributed by atoms with Crippen LogP contribution in [0.2, 0.25) is 5.02 Å². The van der Waals surface area contributed by atoms with Gasteiger partial charge in [0.1, 0.15) is 0 Å². The van der Waals surface area contributed by atoms with E-state index in [9.17, 15) is 4.79 Å². The van der Waals surface area contributed by atoms with Crippen LogP contribution in [0, 0.1) is 0 Å². The fourth-order valence-corrected chi connectivity index (χ4v) is 1.45. The third-order valence-electron chi connectivity index (χ3n) is 2.03. The molecule has 1 amide bonds. The number of anilines is 2. The maximum atomic E-state index is 11.8. The minimum absolute atomic E-state index is 0.253. The molecule has 2 rings (SSSR count). The Hall–Kier alpha value is -2.01. The maximum absolute atomic E-state index is 11.8. The van der Waals surface area contributed by atoms with Gasteiger partial charge in [0.25, 0.3) is 5.91 Å². The summed E-state index contributed by atoms with van der Waals surface area (Å²) in [5, 5.41) is 9.19. The lowest BCUT2D eigenvalue weighted by molar-refractivity contribution is 0.102. The van der Waals surface area contributed by atoms with Gasteiger partial charge in [-0.1, -0.05) is 17.7 Å². The predicted molar refractivity (Wildman–Crippen MR) is 62.4 cm³/mol. The minimum Gasteiger partial charge on any atom is -0.398 e. The summed E-state index contributed by atoms with van der Waals surface area (Å²) in [5.74, 6) is -0.321. The zero-order chi connectivity index (χ0) is 11.5. The molecule has 0 unspecified atom stereocenters. The van der Waals surface area contributed by atoms with Crippen molar-refractivity contribution < 1.29 is 4.79 Å². The quantitative estimate of drug-likeness (QED) is 0.697. The van der Waals surface area contributed by atoms with Crippen LogP contribution in [0.3, 0.4) is 0 Å². The average Bonchev–Trinajstić information content (AvgIpc) is 2.74. The molecule has 1 aromatic heterocycles. The van der Waals surface area contributed by atoms with Crippen LogP contribution in [0.15, 0.2) is 30.6 Å². The van der Waals surface area contributed by atoms with Crippen LogP contribution < -0.4 is 11.1 Å². The van der Waals surface area contributed by atoms with Gasteiger partial charge in [-0.2, -0.15) is 5.10 Å². The molecule has 2 aromatic rings. The molecule has 0 bridgehead atoms. The van der Waals surface area contributed by atoms with Gasteiger partial charge in [-0.25, -0.2) is 0 Å². The largest absolute Gasteiger partial charge is 0.398 e. The Balaban J connectivity index is 2.24. The number of nitrogen functional groups attached to an aromatic ring is 1. The molecular formula is C10H9ClN4O. The zero-order valence-electron chi connectivity index (χ0n) is 8.20. The highest BCUT2D eigenvalue weighted by Gasteiger charge is 2.12. The molecule has 0 saturated heterocycles. The van der Waals surface area contributed by atoms with Crippen LogP contribution >= 0.6 is 11.6 Å². The number of benzene rings is 1. The lowest BCUT2D eigenvalue weighted by Gasteiger charge is -2.06. The number of nitrogens with zero attached hydrogens (tertiary/aromatic N) is 1. The summed E-state index contributed by atoms with van der Waals surface area (Å²) in [7, 11) is 0. The molecule has 4 N–H and O–H groups in total. The predicted octanol–water partition coefficient (Wildman–Crippen LogP) is 1.90. The molecule has 0 aliphatic heterocycles. The molecule has 16 heavy (non-hydrogen) atoms. The number of carbonyl (C=O) groups is 1. The molecule has 0 fully saturated rings. The molecule has 1 heterocycles. The number of rotatable bonds is 2. The van der Waals surface area contributed by atoms with Crippen molar-refractivity contribution in [2.24, 2.45) is 0 Å². The Morgan fingerprint density at radius 2 is 2.31 bits per heavy atom. The number of H-pyrrole nitrogens is 1. The molecule has 0 aliphatic rings. The van der Waals surface area contributed by atoms with Crippen LogP contribution in [0.5, 0.6) is 0 Å². The number of nitrogens with two attached hydrogens (primary N) is 1. The van der Waals surface area contributed by atoms with Crippen molar-refractivity contribution >= 4 is 28.9 Å². The van der Waals surface area contributed by atoms with Crippen LogP contribution in [-0.4, -0.2) is 16.1 Å². The molecule has 6 heteroatoms. The molecule has 0 atom stereocenters. The first-order chi connectivity index (χ1) is 7.68. The van der Waals surface area contributed by atoms with Crippen molar-refractivity contribution in [3.8, 4) is 0 Å². The summed E-state index contributed by atoms with van der Waals surface area (Å²) >= 11 is 5.92. The van der Waals surface area contributed by atoms with Gasteiger partial charge in [0.15, 0.2) is 0 Å². The fourth-order valence-electron chi connectivity index (χ4n) is 1.24. The van der Waals surface area contributed by atoms with Crippen LogP contribution in [0.1, 0.15) is 10.4 Å². The van der Waals surface area contributed by atoms with E-state index in [4.69, 9.17) is 17.3 Å². The summed E-state index contributed by atoms with van der Waals surface area (Å²) in [4.78, 5) is 11.8. The first-order valence-electron chi connectivity index (χ1n) is 4.52. The first kappa shape index (κ1) is 10.5. The Morgan fingerprint density at radius 1 is 1.50 bits per heavy atom. The number of carbonyl (C=O) groups excluding carboxylic acids is 1. The van der Waals surface area contributed by atoms with E-state index >= 15 is 0 Å². The Labute approximate surface area is 96.6 Å². The van der Waals surface area contributed by atoms with Gasteiger partial charge < -0.3 is 11.1 Å². The second-order valence-corrected chi connectivity index (χ2v) is 3.53. The highest BCUT2D eigenvalue weighted by atomic mass is 35.5. The van der Waals surface area contributed by atoms with E-state index in [-0.39, 0.29) is 10.9 Å². The summed E-state index contributed by atoms with van der Waals surface area (Å²) in [5.41, 5.74) is 6.89. The number of aromatic nitrogens is 2. The van der Waals surface area contributed by atoms with Crippen LogP contribution in [0.4, 0.5) is 11.4 Å². The second-order valence-electron chi connectivity index (χ2n) is 3.15. The second kappa shape index (κ2) is 4.24. The third kappa shape index (κ3) is 1.99. The maximum Gasteiger partial charge on any atom is 0.257 e. The molecule has 0 saturated carbocycles. The SMILES string of the molecule is Nc1cccc(C(=O)Nc2cn[nH]c2)c1Cl. The van der Waals surface area contributed by atoms with E-state index in [2.05, 4.69) is 15.5 Å². The van der Waals surface area contributed by atoms with E-state index < -0.39 is 0 Å². The number of hydrogen-bond donors (Lipinski definition) is 3. The normalized spacial score (nSPS) is 10.1. The fraction of sp³-hybridized carbons (Fsp3) is 0. The van der Waals surface area contributed by atoms with Crippen molar-refractivity contribution in [3.63, 3.8) is 0 Å². The number of halogens is 1. The van der Waals surface area contributed by atoms with E-state index in [1.807, 2.05) is 0 Å². The van der Waals surface area contributed by atoms with E-state index in [1.54, 1.807) is 24.4 Å². The topological polar surface area (TPSA) is 83.8 Å². The number of nitrogens with one attached hydrogen (secondary N) is 2. The van der Waals surface area contributed by atoms with E-state index in [1.165, 1.54) is 6.20 Å². The van der Waals surface area contributed by atoms with Crippen molar-refractivity contribution in [1.29, 1.82) is 0 Å². The van der Waals surface area contributed by atoms with Gasteiger partial charge in [-0.05, 0) is 12.1 Å². The Kier molecular flexibility index (Phi) is 2.78. The lowest BCUT2D eigenvalue weighted by atomic mass is 10.2. The monoisotopic (exact) mass is 236 g/mol. The van der Waals surface area contributed by atoms with Gasteiger partial charge in [-0.15, -0.1) is 0 Å². The van der Waals surface area contributed by atoms with Gasteiger partial charge in [-0.3, -0.25) is 9.89 Å².